The molecule has 0 atom stereocenters. The van der Waals surface area contributed by atoms with Gasteiger partial charge in [-0.2, -0.15) is 0 Å². The lowest BCUT2D eigenvalue weighted by molar-refractivity contribution is 0.463. The number of halogens is 6. The maximum absolute atomic E-state index is 14.9. The number of benzene rings is 3. The molecule has 0 aliphatic carbocycles. The molecule has 8 heteroatoms. The molecule has 3 rings (SSSR count). The number of hydrogen-bond donors (Lipinski definition) is 2. The van der Waals surface area contributed by atoms with Gasteiger partial charge >= 0.3 is 0 Å². The first-order valence-electron chi connectivity index (χ1n) is 10.3. The van der Waals surface area contributed by atoms with Gasteiger partial charge in [-0.1, -0.05) is 38.1 Å². The average Bonchev–Trinajstić information content (AvgIpc) is 2.73. The van der Waals surface area contributed by atoms with Crippen molar-refractivity contribution in [2.24, 2.45) is 5.92 Å². The van der Waals surface area contributed by atoms with E-state index in [1.165, 1.54) is 24.3 Å². The Morgan fingerprint density at radius 3 is 1.30 bits per heavy atom. The number of anilines is 2. The molecule has 0 aliphatic heterocycles. The zero-order valence-electron chi connectivity index (χ0n) is 18.8. The lowest BCUT2D eigenvalue weighted by Gasteiger charge is -2.15. The maximum atomic E-state index is 14.9. The second-order valence-corrected chi connectivity index (χ2v) is 8.23. The van der Waals surface area contributed by atoms with Gasteiger partial charge in [-0.3, -0.25) is 0 Å². The van der Waals surface area contributed by atoms with E-state index in [2.05, 4.69) is 10.6 Å². The van der Waals surface area contributed by atoms with Gasteiger partial charge in [-0.25, -0.2) is 17.6 Å². The van der Waals surface area contributed by atoms with Gasteiger partial charge in [0.2, 0.25) is 0 Å². The van der Waals surface area contributed by atoms with Gasteiger partial charge in [0.05, 0.1) is 11.1 Å². The van der Waals surface area contributed by atoms with Gasteiger partial charge in [0.1, 0.15) is 0 Å². The van der Waals surface area contributed by atoms with Gasteiger partial charge in [0.15, 0.2) is 23.3 Å². The zero-order chi connectivity index (χ0) is 22.7. The highest BCUT2D eigenvalue weighted by Gasteiger charge is 2.27. The number of nitrogens with one attached hydrogen (secondary N) is 2. The fourth-order valence-electron chi connectivity index (χ4n) is 3.28. The van der Waals surface area contributed by atoms with E-state index in [-0.39, 0.29) is 42.0 Å². The smallest absolute Gasteiger partial charge is 0.170 e. The van der Waals surface area contributed by atoms with Crippen LogP contribution in [0.25, 0.3) is 22.3 Å². The number of rotatable bonds is 7. The predicted octanol–water partition coefficient (Wildman–Crippen LogP) is 8.31. The standard InChI is InChI=1S/C25H26F4N2.2ClH/c1-14(2)13-30-18-9-5-16(6-10-18)20-22(26)24(28)21(25(29)23(20)27)17-7-11-19(12-8-17)31-15(3)4;;/h5-12,14-15,30-31H,13H2,1-4H3;2*1H. The molecule has 33 heavy (non-hydrogen) atoms. The highest BCUT2D eigenvalue weighted by Crippen LogP contribution is 2.37. The van der Waals surface area contributed by atoms with Crippen molar-refractivity contribution in [1.29, 1.82) is 0 Å². The summed E-state index contributed by atoms with van der Waals surface area (Å²) in [6, 6.07) is 12.4. The van der Waals surface area contributed by atoms with Gasteiger partial charge in [-0.05, 0) is 55.2 Å². The van der Waals surface area contributed by atoms with Crippen LogP contribution >= 0.6 is 24.8 Å². The molecule has 3 aromatic rings. The predicted molar refractivity (Wildman–Crippen MR) is 134 cm³/mol. The largest absolute Gasteiger partial charge is 0.385 e. The van der Waals surface area contributed by atoms with Crippen LogP contribution in [-0.2, 0) is 0 Å². The van der Waals surface area contributed by atoms with E-state index in [0.29, 0.717) is 5.92 Å². The van der Waals surface area contributed by atoms with E-state index in [1.54, 1.807) is 24.3 Å². The quantitative estimate of drug-likeness (QED) is 0.250. The molecular formula is C25H28Cl2F4N2. The van der Waals surface area contributed by atoms with Crippen molar-refractivity contribution in [3.05, 3.63) is 71.8 Å². The summed E-state index contributed by atoms with van der Waals surface area (Å²) in [5.41, 5.74) is 0.180. The summed E-state index contributed by atoms with van der Waals surface area (Å²) in [5, 5.41) is 6.33. The Labute approximate surface area is 204 Å². The SMILES string of the molecule is CC(C)CNc1ccc(-c2c(F)c(F)c(-c3ccc(NC(C)C)cc3)c(F)c2F)cc1.Cl.Cl. The first-order valence-corrected chi connectivity index (χ1v) is 10.3. The summed E-state index contributed by atoms with van der Waals surface area (Å²) in [5.74, 6) is -5.25. The van der Waals surface area contributed by atoms with E-state index in [4.69, 9.17) is 0 Å². The van der Waals surface area contributed by atoms with Crippen LogP contribution in [0.3, 0.4) is 0 Å². The normalized spacial score (nSPS) is 10.6. The van der Waals surface area contributed by atoms with Crippen molar-refractivity contribution >= 4 is 36.2 Å². The van der Waals surface area contributed by atoms with Gasteiger partial charge in [0.25, 0.3) is 0 Å². The van der Waals surface area contributed by atoms with Crippen LogP contribution in [0.1, 0.15) is 27.7 Å². The van der Waals surface area contributed by atoms with Crippen molar-refractivity contribution in [3.8, 4) is 22.3 Å². The molecular weight excluding hydrogens is 475 g/mol. The summed E-state index contributed by atoms with van der Waals surface area (Å²) in [4.78, 5) is 0. The molecule has 0 saturated carbocycles. The van der Waals surface area contributed by atoms with Gasteiger partial charge in [0, 0.05) is 24.0 Å². The summed E-state index contributed by atoms with van der Waals surface area (Å²) in [6.07, 6.45) is 0. The Kier molecular flexibility index (Phi) is 10.5. The van der Waals surface area contributed by atoms with E-state index < -0.39 is 34.4 Å². The second-order valence-electron chi connectivity index (χ2n) is 8.23. The number of hydrogen-bond acceptors (Lipinski definition) is 2. The van der Waals surface area contributed by atoms with Gasteiger partial charge < -0.3 is 10.6 Å². The fraction of sp³-hybridized carbons (Fsp3) is 0.280. The van der Waals surface area contributed by atoms with Crippen molar-refractivity contribution < 1.29 is 17.6 Å². The Morgan fingerprint density at radius 2 is 0.970 bits per heavy atom. The molecule has 0 saturated heterocycles. The van der Waals surface area contributed by atoms with E-state index in [0.717, 1.165) is 17.9 Å². The van der Waals surface area contributed by atoms with E-state index in [9.17, 15) is 17.6 Å². The summed E-state index contributed by atoms with van der Waals surface area (Å²) in [6.45, 7) is 8.72. The molecule has 180 valence electrons. The molecule has 2 N–H and O–H groups in total. The summed E-state index contributed by atoms with van der Waals surface area (Å²) < 4.78 is 59.5. The van der Waals surface area contributed by atoms with Crippen molar-refractivity contribution in [2.75, 3.05) is 17.2 Å². The third-order valence-corrected chi connectivity index (χ3v) is 4.78. The third kappa shape index (κ3) is 6.55. The highest BCUT2D eigenvalue weighted by atomic mass is 35.5. The van der Waals surface area contributed by atoms with Gasteiger partial charge in [-0.15, -0.1) is 24.8 Å². The molecule has 3 aromatic carbocycles. The Morgan fingerprint density at radius 1 is 0.606 bits per heavy atom. The van der Waals surface area contributed by atoms with Crippen LogP contribution in [0, 0.1) is 29.2 Å². The second kappa shape index (κ2) is 12.1. The van der Waals surface area contributed by atoms with Crippen LogP contribution in [-0.4, -0.2) is 12.6 Å². The molecule has 0 amide bonds. The molecule has 0 spiro atoms. The van der Waals surface area contributed by atoms with Crippen LogP contribution < -0.4 is 10.6 Å². The van der Waals surface area contributed by atoms with E-state index in [1.807, 2.05) is 27.7 Å². The maximum Gasteiger partial charge on any atom is 0.170 e. The minimum atomic E-state index is -1.42. The molecule has 0 aromatic heterocycles. The molecule has 2 nitrogen and oxygen atoms in total. The lowest BCUT2D eigenvalue weighted by Crippen LogP contribution is -2.09. The molecule has 0 bridgehead atoms. The summed E-state index contributed by atoms with van der Waals surface area (Å²) in [7, 11) is 0. The van der Waals surface area contributed by atoms with E-state index >= 15 is 0 Å². The monoisotopic (exact) mass is 502 g/mol. The zero-order valence-corrected chi connectivity index (χ0v) is 20.4. The minimum Gasteiger partial charge on any atom is -0.385 e. The summed E-state index contributed by atoms with van der Waals surface area (Å²) >= 11 is 0. The first kappa shape index (κ1) is 28.6. The topological polar surface area (TPSA) is 24.1 Å². The Balaban J connectivity index is 0.00000272. The lowest BCUT2D eigenvalue weighted by atomic mass is 9.97. The van der Waals surface area contributed by atoms with Crippen LogP contribution in [0.2, 0.25) is 0 Å². The van der Waals surface area contributed by atoms with Crippen LogP contribution in [0.15, 0.2) is 48.5 Å². The fourth-order valence-corrected chi connectivity index (χ4v) is 3.28. The Bertz CT molecular complexity index is 1020. The molecule has 0 unspecified atom stereocenters. The van der Waals surface area contributed by atoms with Crippen molar-refractivity contribution in [2.45, 2.75) is 33.7 Å². The molecule has 0 aliphatic rings. The molecule has 0 heterocycles. The molecule has 0 radical (unpaired) electrons. The average molecular weight is 503 g/mol. The Hall–Kier alpha value is -2.44. The minimum absolute atomic E-state index is 0. The third-order valence-electron chi connectivity index (χ3n) is 4.78. The van der Waals surface area contributed by atoms with Crippen LogP contribution in [0.4, 0.5) is 28.9 Å². The molecule has 0 fully saturated rings. The van der Waals surface area contributed by atoms with Crippen LogP contribution in [0.5, 0.6) is 0 Å². The highest BCUT2D eigenvalue weighted by molar-refractivity contribution is 5.85. The first-order chi connectivity index (χ1) is 14.7. The van der Waals surface area contributed by atoms with Crippen molar-refractivity contribution in [1.82, 2.24) is 0 Å². The van der Waals surface area contributed by atoms with Crippen molar-refractivity contribution in [3.63, 3.8) is 0 Å².